The minimum absolute atomic E-state index is 0.0663. The van der Waals surface area contributed by atoms with Gasteiger partial charge in [-0.05, 0) is 32.0 Å². The van der Waals surface area contributed by atoms with E-state index in [0.29, 0.717) is 12.1 Å². The van der Waals surface area contributed by atoms with Crippen molar-refractivity contribution in [3.63, 3.8) is 0 Å². The lowest BCUT2D eigenvalue weighted by Gasteiger charge is -2.19. The molecule has 1 amide bonds. The van der Waals surface area contributed by atoms with E-state index in [4.69, 9.17) is 0 Å². The number of rotatable bonds is 6. The topological polar surface area (TPSA) is 61.0 Å². The molecule has 20 heavy (non-hydrogen) atoms. The van der Waals surface area contributed by atoms with Crippen LogP contribution >= 0.6 is 0 Å². The summed E-state index contributed by atoms with van der Waals surface area (Å²) in [5.41, 5.74) is 1.62. The van der Waals surface area contributed by atoms with Crippen LogP contribution in [0.4, 0.5) is 5.69 Å². The molecule has 0 aliphatic rings. The van der Waals surface area contributed by atoms with E-state index in [1.807, 2.05) is 43.0 Å². The van der Waals surface area contributed by atoms with E-state index in [9.17, 15) is 4.79 Å². The van der Waals surface area contributed by atoms with Crippen LogP contribution in [-0.4, -0.2) is 33.9 Å². The number of anilines is 1. The molecule has 0 aliphatic heterocycles. The first-order valence-corrected chi connectivity index (χ1v) is 6.86. The quantitative estimate of drug-likeness (QED) is 0.849. The highest BCUT2D eigenvalue weighted by Crippen LogP contribution is 2.13. The van der Waals surface area contributed by atoms with Gasteiger partial charge in [-0.1, -0.05) is 6.07 Å². The smallest absolute Gasteiger partial charge is 0.253 e. The number of nitrogens with zero attached hydrogens (tertiary/aromatic N) is 2. The number of imidazole rings is 1. The van der Waals surface area contributed by atoms with E-state index in [-0.39, 0.29) is 5.91 Å². The summed E-state index contributed by atoms with van der Waals surface area (Å²) in [6, 6.07) is 7.56. The summed E-state index contributed by atoms with van der Waals surface area (Å²) in [6.07, 6.45) is 3.51. The molecule has 5 heteroatoms. The molecule has 1 aromatic heterocycles. The van der Waals surface area contributed by atoms with Gasteiger partial charge in [0.15, 0.2) is 0 Å². The third kappa shape index (κ3) is 3.38. The first-order valence-electron chi connectivity index (χ1n) is 6.86. The zero-order chi connectivity index (χ0) is 14.4. The van der Waals surface area contributed by atoms with Gasteiger partial charge in [0, 0.05) is 36.7 Å². The number of aromatic nitrogens is 2. The molecular weight excluding hydrogens is 252 g/mol. The predicted molar refractivity (Wildman–Crippen MR) is 79.6 cm³/mol. The minimum atomic E-state index is 0.0663. The van der Waals surface area contributed by atoms with Gasteiger partial charge in [0.25, 0.3) is 5.91 Å². The Morgan fingerprint density at radius 1 is 1.35 bits per heavy atom. The highest BCUT2D eigenvalue weighted by atomic mass is 16.2. The summed E-state index contributed by atoms with van der Waals surface area (Å²) in [7, 11) is 0. The van der Waals surface area contributed by atoms with Gasteiger partial charge in [-0.15, -0.1) is 0 Å². The van der Waals surface area contributed by atoms with E-state index in [1.165, 1.54) is 0 Å². The summed E-state index contributed by atoms with van der Waals surface area (Å²) < 4.78 is 0. The van der Waals surface area contributed by atoms with Gasteiger partial charge in [0.1, 0.15) is 5.82 Å². The maximum absolute atomic E-state index is 12.3. The molecule has 1 aromatic carbocycles. The van der Waals surface area contributed by atoms with Crippen LogP contribution in [0.25, 0.3) is 0 Å². The molecule has 0 aliphatic carbocycles. The van der Waals surface area contributed by atoms with Crippen molar-refractivity contribution < 1.29 is 4.79 Å². The van der Waals surface area contributed by atoms with Crippen LogP contribution in [0.15, 0.2) is 36.7 Å². The standard InChI is InChI=1S/C15H20N4O/c1-3-19(4-2)15(20)12-6-5-7-13(10-12)18-11-14-16-8-9-17-14/h5-10,18H,3-4,11H2,1-2H3,(H,16,17). The summed E-state index contributed by atoms with van der Waals surface area (Å²) in [5.74, 6) is 0.933. The van der Waals surface area contributed by atoms with Crippen molar-refractivity contribution in [2.45, 2.75) is 20.4 Å². The highest BCUT2D eigenvalue weighted by Gasteiger charge is 2.12. The van der Waals surface area contributed by atoms with Crippen LogP contribution in [-0.2, 0) is 6.54 Å². The molecule has 0 atom stereocenters. The molecule has 0 fully saturated rings. The van der Waals surface area contributed by atoms with Crippen LogP contribution in [0.2, 0.25) is 0 Å². The van der Waals surface area contributed by atoms with Gasteiger partial charge in [-0.25, -0.2) is 4.98 Å². The Hall–Kier alpha value is -2.30. The van der Waals surface area contributed by atoms with E-state index in [2.05, 4.69) is 15.3 Å². The van der Waals surface area contributed by atoms with Gasteiger partial charge in [0.2, 0.25) is 0 Å². The lowest BCUT2D eigenvalue weighted by atomic mass is 10.1. The van der Waals surface area contributed by atoms with Crippen molar-refractivity contribution in [3.8, 4) is 0 Å². The predicted octanol–water partition coefficient (Wildman–Crippen LogP) is 2.50. The summed E-state index contributed by atoms with van der Waals surface area (Å²) in [6.45, 7) is 6.02. The summed E-state index contributed by atoms with van der Waals surface area (Å²) >= 11 is 0. The van der Waals surface area contributed by atoms with Gasteiger partial charge in [0.05, 0.1) is 6.54 Å². The molecule has 0 radical (unpaired) electrons. The number of amides is 1. The van der Waals surface area contributed by atoms with Crippen molar-refractivity contribution >= 4 is 11.6 Å². The average molecular weight is 272 g/mol. The molecule has 106 valence electrons. The first kappa shape index (κ1) is 14.1. The van der Waals surface area contributed by atoms with E-state index >= 15 is 0 Å². The fourth-order valence-corrected chi connectivity index (χ4v) is 2.04. The number of H-pyrrole nitrogens is 1. The Morgan fingerprint density at radius 3 is 2.80 bits per heavy atom. The lowest BCUT2D eigenvalue weighted by Crippen LogP contribution is -2.30. The Bertz CT molecular complexity index is 547. The number of hydrogen-bond donors (Lipinski definition) is 2. The van der Waals surface area contributed by atoms with Crippen LogP contribution < -0.4 is 5.32 Å². The molecule has 0 spiro atoms. The molecule has 2 aromatic rings. The second-order valence-corrected chi connectivity index (χ2v) is 4.45. The third-order valence-corrected chi connectivity index (χ3v) is 3.17. The molecule has 0 saturated carbocycles. The molecule has 2 rings (SSSR count). The monoisotopic (exact) mass is 272 g/mol. The maximum atomic E-state index is 12.3. The van der Waals surface area contributed by atoms with Crippen molar-refractivity contribution in [1.82, 2.24) is 14.9 Å². The lowest BCUT2D eigenvalue weighted by molar-refractivity contribution is 0.0773. The van der Waals surface area contributed by atoms with Gasteiger partial charge >= 0.3 is 0 Å². The van der Waals surface area contributed by atoms with E-state index < -0.39 is 0 Å². The second kappa shape index (κ2) is 6.75. The van der Waals surface area contributed by atoms with Crippen LogP contribution in [0.5, 0.6) is 0 Å². The molecule has 2 N–H and O–H groups in total. The third-order valence-electron chi connectivity index (χ3n) is 3.17. The Morgan fingerprint density at radius 2 is 2.15 bits per heavy atom. The average Bonchev–Trinajstić information content (AvgIpc) is 3.00. The molecule has 0 bridgehead atoms. The second-order valence-electron chi connectivity index (χ2n) is 4.45. The number of hydrogen-bond acceptors (Lipinski definition) is 3. The molecule has 5 nitrogen and oxygen atoms in total. The van der Waals surface area contributed by atoms with Gasteiger partial charge in [-0.3, -0.25) is 4.79 Å². The van der Waals surface area contributed by atoms with E-state index in [0.717, 1.165) is 24.6 Å². The fraction of sp³-hybridized carbons (Fsp3) is 0.333. The zero-order valence-electron chi connectivity index (χ0n) is 11.9. The number of nitrogens with one attached hydrogen (secondary N) is 2. The number of aromatic amines is 1. The zero-order valence-corrected chi connectivity index (χ0v) is 11.9. The largest absolute Gasteiger partial charge is 0.378 e. The Kier molecular flexibility index (Phi) is 4.76. The SMILES string of the molecule is CCN(CC)C(=O)c1cccc(NCc2ncc[nH]2)c1. The van der Waals surface area contributed by atoms with Crippen molar-refractivity contribution in [1.29, 1.82) is 0 Å². The first-order chi connectivity index (χ1) is 9.74. The molecule has 0 unspecified atom stereocenters. The Balaban J connectivity index is 2.05. The normalized spacial score (nSPS) is 10.3. The number of carbonyl (C=O) groups is 1. The molecule has 0 saturated heterocycles. The molecule has 1 heterocycles. The van der Waals surface area contributed by atoms with Crippen LogP contribution in [0.3, 0.4) is 0 Å². The van der Waals surface area contributed by atoms with Crippen molar-refractivity contribution in [3.05, 3.63) is 48.0 Å². The molecular formula is C15H20N4O. The summed E-state index contributed by atoms with van der Waals surface area (Å²) in [5, 5.41) is 3.25. The van der Waals surface area contributed by atoms with Gasteiger partial charge in [-0.2, -0.15) is 0 Å². The fourth-order valence-electron chi connectivity index (χ4n) is 2.04. The number of benzene rings is 1. The van der Waals surface area contributed by atoms with Gasteiger partial charge < -0.3 is 15.2 Å². The van der Waals surface area contributed by atoms with Crippen LogP contribution in [0, 0.1) is 0 Å². The van der Waals surface area contributed by atoms with Crippen LogP contribution in [0.1, 0.15) is 30.0 Å². The van der Waals surface area contributed by atoms with Crippen molar-refractivity contribution in [2.24, 2.45) is 0 Å². The maximum Gasteiger partial charge on any atom is 0.253 e. The Labute approximate surface area is 119 Å². The number of carbonyl (C=O) groups excluding carboxylic acids is 1. The van der Waals surface area contributed by atoms with Crippen molar-refractivity contribution in [2.75, 3.05) is 18.4 Å². The summed E-state index contributed by atoms with van der Waals surface area (Å²) in [4.78, 5) is 21.3. The minimum Gasteiger partial charge on any atom is -0.378 e. The highest BCUT2D eigenvalue weighted by molar-refractivity contribution is 5.95. The van der Waals surface area contributed by atoms with E-state index in [1.54, 1.807) is 12.4 Å².